The molecule has 2 aromatic rings. The summed E-state index contributed by atoms with van der Waals surface area (Å²) < 4.78 is 0. The Bertz CT molecular complexity index is 1130. The van der Waals surface area contributed by atoms with Gasteiger partial charge in [-0.15, -0.1) is 0 Å². The van der Waals surface area contributed by atoms with Gasteiger partial charge in [-0.2, -0.15) is 0 Å². The summed E-state index contributed by atoms with van der Waals surface area (Å²) in [7, 11) is 0. The van der Waals surface area contributed by atoms with E-state index in [0.717, 1.165) is 31.2 Å². The van der Waals surface area contributed by atoms with E-state index in [0.29, 0.717) is 17.8 Å². The van der Waals surface area contributed by atoms with Crippen LogP contribution in [0.25, 0.3) is 0 Å². The highest BCUT2D eigenvalue weighted by Gasteiger charge is 2.47. The van der Waals surface area contributed by atoms with Crippen LogP contribution >= 0.6 is 0 Å². The van der Waals surface area contributed by atoms with Crippen molar-refractivity contribution in [3.63, 3.8) is 0 Å². The van der Waals surface area contributed by atoms with Gasteiger partial charge in [-0.05, 0) is 36.5 Å². The summed E-state index contributed by atoms with van der Waals surface area (Å²) in [6.45, 7) is 5.79. The SMILES string of the molecule is C=C(C[C@H](NC(=O)c1ccccn1)c1ccccc1)NC(C(=O)[C@@H]1C(=O)NC(=O)[C@H]1C)C1CCCC1. The molecular weight excluding hydrogens is 456 g/mol. The van der Waals surface area contributed by atoms with E-state index in [1.54, 1.807) is 31.3 Å². The molecule has 3 N–H and O–H groups in total. The number of pyridine rings is 1. The Balaban J connectivity index is 1.52. The molecule has 1 unspecified atom stereocenters. The van der Waals surface area contributed by atoms with Crippen LogP contribution in [0.2, 0.25) is 0 Å². The van der Waals surface area contributed by atoms with Crippen LogP contribution in [-0.4, -0.2) is 34.5 Å². The monoisotopic (exact) mass is 488 g/mol. The van der Waals surface area contributed by atoms with Crippen molar-refractivity contribution in [3.8, 4) is 0 Å². The fourth-order valence-corrected chi connectivity index (χ4v) is 5.16. The lowest BCUT2D eigenvalue weighted by Gasteiger charge is -2.29. The lowest BCUT2D eigenvalue weighted by Crippen LogP contribution is -2.47. The average molecular weight is 489 g/mol. The van der Waals surface area contributed by atoms with Gasteiger partial charge in [0.25, 0.3) is 5.91 Å². The van der Waals surface area contributed by atoms with E-state index >= 15 is 0 Å². The maximum Gasteiger partial charge on any atom is 0.270 e. The zero-order valence-corrected chi connectivity index (χ0v) is 20.4. The number of ketones is 1. The lowest BCUT2D eigenvalue weighted by molar-refractivity contribution is -0.135. The third-order valence-corrected chi connectivity index (χ3v) is 7.14. The molecule has 0 spiro atoms. The second-order valence-electron chi connectivity index (χ2n) is 9.65. The number of hydrogen-bond donors (Lipinski definition) is 3. The molecule has 1 aromatic carbocycles. The molecule has 4 atom stereocenters. The maximum absolute atomic E-state index is 13.6. The summed E-state index contributed by atoms with van der Waals surface area (Å²) >= 11 is 0. The molecule has 188 valence electrons. The molecule has 1 aliphatic heterocycles. The van der Waals surface area contributed by atoms with Crippen LogP contribution in [0.4, 0.5) is 0 Å². The van der Waals surface area contributed by atoms with Crippen molar-refractivity contribution in [2.75, 3.05) is 0 Å². The van der Waals surface area contributed by atoms with Crippen molar-refractivity contribution in [1.82, 2.24) is 20.9 Å². The molecule has 1 saturated heterocycles. The predicted molar refractivity (Wildman–Crippen MR) is 134 cm³/mol. The van der Waals surface area contributed by atoms with Crippen molar-refractivity contribution in [1.29, 1.82) is 0 Å². The quantitative estimate of drug-likeness (QED) is 0.350. The third-order valence-electron chi connectivity index (χ3n) is 7.14. The molecule has 3 amide bonds. The highest BCUT2D eigenvalue weighted by Crippen LogP contribution is 2.32. The van der Waals surface area contributed by atoms with E-state index in [1.807, 2.05) is 30.3 Å². The number of benzene rings is 1. The van der Waals surface area contributed by atoms with Crippen LogP contribution in [-0.2, 0) is 14.4 Å². The molecule has 1 aromatic heterocycles. The Hall–Kier alpha value is -3.81. The summed E-state index contributed by atoms with van der Waals surface area (Å²) in [6.07, 6.45) is 5.67. The highest BCUT2D eigenvalue weighted by molar-refractivity contribution is 6.16. The van der Waals surface area contributed by atoms with Gasteiger partial charge in [0.1, 0.15) is 11.6 Å². The number of Topliss-reactive ketones (excluding diaryl/α,β-unsaturated/α-hetero) is 1. The second-order valence-corrected chi connectivity index (χ2v) is 9.65. The van der Waals surface area contributed by atoms with E-state index < -0.39 is 35.7 Å². The Morgan fingerprint density at radius 2 is 1.72 bits per heavy atom. The van der Waals surface area contributed by atoms with E-state index in [2.05, 4.69) is 27.5 Å². The second kappa shape index (κ2) is 11.3. The molecule has 2 aliphatic rings. The van der Waals surface area contributed by atoms with Crippen molar-refractivity contribution in [3.05, 3.63) is 78.3 Å². The molecule has 2 fully saturated rings. The topological polar surface area (TPSA) is 117 Å². The minimum atomic E-state index is -1.00. The largest absolute Gasteiger partial charge is 0.379 e. The van der Waals surface area contributed by atoms with Crippen LogP contribution in [0.3, 0.4) is 0 Å². The highest BCUT2D eigenvalue weighted by atomic mass is 16.2. The molecule has 1 saturated carbocycles. The Morgan fingerprint density at radius 3 is 2.33 bits per heavy atom. The smallest absolute Gasteiger partial charge is 0.270 e. The average Bonchev–Trinajstić information content (AvgIpc) is 3.50. The van der Waals surface area contributed by atoms with Crippen molar-refractivity contribution >= 4 is 23.5 Å². The van der Waals surface area contributed by atoms with Crippen LogP contribution < -0.4 is 16.0 Å². The van der Waals surface area contributed by atoms with E-state index in [-0.39, 0.29) is 17.6 Å². The van der Waals surface area contributed by atoms with Crippen molar-refractivity contribution < 1.29 is 19.2 Å². The Kier molecular flexibility index (Phi) is 7.93. The number of amides is 3. The minimum Gasteiger partial charge on any atom is -0.379 e. The first-order chi connectivity index (χ1) is 17.3. The van der Waals surface area contributed by atoms with E-state index in [4.69, 9.17) is 0 Å². The summed E-state index contributed by atoms with van der Waals surface area (Å²) in [5.41, 5.74) is 1.78. The number of nitrogens with zero attached hydrogens (tertiary/aromatic N) is 1. The maximum atomic E-state index is 13.6. The first-order valence-electron chi connectivity index (χ1n) is 12.4. The van der Waals surface area contributed by atoms with Crippen LogP contribution in [0.15, 0.2) is 67.0 Å². The van der Waals surface area contributed by atoms with Crippen LogP contribution in [0.5, 0.6) is 0 Å². The van der Waals surface area contributed by atoms with Crippen LogP contribution in [0, 0.1) is 17.8 Å². The molecule has 4 rings (SSSR count). The van der Waals surface area contributed by atoms with Gasteiger partial charge in [0.2, 0.25) is 11.8 Å². The number of nitrogens with one attached hydrogen (secondary N) is 3. The van der Waals surface area contributed by atoms with Gasteiger partial charge in [-0.3, -0.25) is 29.5 Å². The van der Waals surface area contributed by atoms with Crippen molar-refractivity contribution in [2.24, 2.45) is 17.8 Å². The predicted octanol–water partition coefficient (Wildman–Crippen LogP) is 3.08. The molecule has 0 bridgehead atoms. The number of carbonyl (C=O) groups is 4. The molecule has 8 nitrogen and oxygen atoms in total. The summed E-state index contributed by atoms with van der Waals surface area (Å²) in [5, 5.41) is 8.62. The van der Waals surface area contributed by atoms with Gasteiger partial charge in [-0.1, -0.05) is 62.7 Å². The van der Waals surface area contributed by atoms with Gasteiger partial charge >= 0.3 is 0 Å². The van der Waals surface area contributed by atoms with Gasteiger partial charge in [0.15, 0.2) is 5.78 Å². The van der Waals surface area contributed by atoms with Gasteiger partial charge < -0.3 is 10.6 Å². The number of carbonyl (C=O) groups excluding carboxylic acids is 4. The van der Waals surface area contributed by atoms with E-state index in [1.165, 1.54) is 0 Å². The van der Waals surface area contributed by atoms with Gasteiger partial charge in [0, 0.05) is 18.3 Å². The fraction of sp³-hybridized carbons (Fsp3) is 0.393. The molecule has 36 heavy (non-hydrogen) atoms. The molecular formula is C28H32N4O4. The zero-order valence-electron chi connectivity index (χ0n) is 20.4. The molecule has 8 heteroatoms. The number of hydrogen-bond acceptors (Lipinski definition) is 6. The first-order valence-corrected chi connectivity index (χ1v) is 12.4. The first kappa shape index (κ1) is 25.3. The Labute approximate surface area is 211 Å². The Morgan fingerprint density at radius 1 is 1.03 bits per heavy atom. The lowest BCUT2D eigenvalue weighted by atomic mass is 9.83. The molecule has 1 aliphatic carbocycles. The van der Waals surface area contributed by atoms with Gasteiger partial charge in [0.05, 0.1) is 18.0 Å². The van der Waals surface area contributed by atoms with Gasteiger partial charge in [-0.25, -0.2) is 0 Å². The normalized spacial score (nSPS) is 21.5. The van der Waals surface area contributed by atoms with Crippen LogP contribution in [0.1, 0.15) is 61.1 Å². The van der Waals surface area contributed by atoms with Crippen molar-refractivity contribution in [2.45, 2.75) is 51.1 Å². The zero-order chi connectivity index (χ0) is 25.7. The minimum absolute atomic E-state index is 0.0586. The fourth-order valence-electron chi connectivity index (χ4n) is 5.16. The standard InChI is InChI=1S/C28H32N4O4/c1-17(16-22(19-10-4-3-5-11-19)31-27(35)21-14-8-9-15-29-21)30-24(20-12-6-7-13-20)25(33)23-18(2)26(34)32-28(23)36/h3-5,8-11,14-15,18,20,22-24,30H,1,6-7,12-13,16H2,2H3,(H,31,35)(H,32,34,36)/t18-,22-,23+,24?/m0/s1. The summed E-state index contributed by atoms with van der Waals surface area (Å²) in [4.78, 5) is 55.0. The summed E-state index contributed by atoms with van der Waals surface area (Å²) in [6, 6.07) is 13.7. The molecule has 2 heterocycles. The van der Waals surface area contributed by atoms with E-state index in [9.17, 15) is 19.2 Å². The number of rotatable bonds is 10. The number of imide groups is 1. The third kappa shape index (κ3) is 5.70. The summed E-state index contributed by atoms with van der Waals surface area (Å²) in [5.74, 6) is -3.16. The molecule has 0 radical (unpaired) electrons. The number of aromatic nitrogens is 1.